The summed E-state index contributed by atoms with van der Waals surface area (Å²) in [5.74, 6) is -1.79. The summed E-state index contributed by atoms with van der Waals surface area (Å²) in [7, 11) is 0. The average molecular weight is 458 g/mol. The summed E-state index contributed by atoms with van der Waals surface area (Å²) in [4.78, 5) is 30.1. The van der Waals surface area contributed by atoms with Gasteiger partial charge in [0, 0.05) is 30.9 Å². The normalized spacial score (nSPS) is 15.8. The first-order valence-corrected chi connectivity index (χ1v) is 8.93. The SMILES string of the molecule is Cl.Cl.O=C(O)CC1Cc2cc(Cl)c3[nH]ncc3c2CN(Cc2ccncc2)C1=O. The molecule has 1 amide bonds. The molecule has 2 aromatic heterocycles. The Morgan fingerprint density at radius 3 is 2.72 bits per heavy atom. The van der Waals surface area contributed by atoms with Gasteiger partial charge in [-0.15, -0.1) is 24.8 Å². The van der Waals surface area contributed by atoms with E-state index in [9.17, 15) is 14.7 Å². The molecule has 4 rings (SSSR count). The smallest absolute Gasteiger partial charge is 0.304 e. The lowest BCUT2D eigenvalue weighted by Gasteiger charge is -2.24. The van der Waals surface area contributed by atoms with Gasteiger partial charge in [-0.05, 0) is 41.3 Å². The van der Waals surface area contributed by atoms with E-state index in [2.05, 4.69) is 15.2 Å². The number of aromatic amines is 1. The Hall–Kier alpha value is -2.35. The number of rotatable bonds is 4. The van der Waals surface area contributed by atoms with Crippen molar-refractivity contribution in [1.82, 2.24) is 20.1 Å². The molecule has 3 heterocycles. The number of amides is 1. The van der Waals surface area contributed by atoms with Gasteiger partial charge >= 0.3 is 5.97 Å². The van der Waals surface area contributed by atoms with E-state index in [1.54, 1.807) is 23.5 Å². The molecule has 3 aromatic rings. The highest BCUT2D eigenvalue weighted by atomic mass is 35.5. The van der Waals surface area contributed by atoms with Crippen LogP contribution in [0.1, 0.15) is 23.1 Å². The minimum absolute atomic E-state index is 0. The van der Waals surface area contributed by atoms with Crippen LogP contribution in [0.25, 0.3) is 10.9 Å². The highest BCUT2D eigenvalue weighted by molar-refractivity contribution is 6.35. The van der Waals surface area contributed by atoms with Gasteiger partial charge in [-0.1, -0.05) is 11.6 Å². The number of fused-ring (bicyclic) bond motifs is 3. The number of halogens is 3. The van der Waals surface area contributed by atoms with Crippen LogP contribution in [0, 0.1) is 5.92 Å². The summed E-state index contributed by atoms with van der Waals surface area (Å²) in [5.41, 5.74) is 3.51. The third-order valence-corrected chi connectivity index (χ3v) is 5.21. The molecule has 1 atom stereocenters. The molecule has 0 saturated carbocycles. The number of hydrogen-bond donors (Lipinski definition) is 2. The predicted octanol–water partition coefficient (Wildman–Crippen LogP) is 3.63. The van der Waals surface area contributed by atoms with Crippen molar-refractivity contribution in [1.29, 1.82) is 0 Å². The summed E-state index contributed by atoms with van der Waals surface area (Å²) in [6, 6.07) is 5.51. The van der Waals surface area contributed by atoms with Gasteiger partial charge < -0.3 is 10.0 Å². The highest BCUT2D eigenvalue weighted by Gasteiger charge is 2.32. The van der Waals surface area contributed by atoms with Crippen LogP contribution < -0.4 is 0 Å². The van der Waals surface area contributed by atoms with Gasteiger partial charge in [-0.3, -0.25) is 19.7 Å². The maximum Gasteiger partial charge on any atom is 0.304 e. The van der Waals surface area contributed by atoms with Crippen LogP contribution in [-0.4, -0.2) is 37.1 Å². The Kier molecular flexibility index (Phi) is 7.46. The van der Waals surface area contributed by atoms with Gasteiger partial charge in [0.05, 0.1) is 29.1 Å². The Labute approximate surface area is 184 Å². The molecule has 0 spiro atoms. The fourth-order valence-corrected chi connectivity index (χ4v) is 3.92. The van der Waals surface area contributed by atoms with E-state index < -0.39 is 11.9 Å². The number of carboxylic acids is 1. The number of H-pyrrole nitrogens is 1. The number of nitrogens with one attached hydrogen (secondary N) is 1. The summed E-state index contributed by atoms with van der Waals surface area (Å²) in [5, 5.41) is 17.6. The largest absolute Gasteiger partial charge is 0.481 e. The summed E-state index contributed by atoms with van der Waals surface area (Å²) in [6.45, 7) is 0.763. The molecule has 0 radical (unpaired) electrons. The number of benzene rings is 1. The van der Waals surface area contributed by atoms with Crippen LogP contribution >= 0.6 is 36.4 Å². The molecule has 1 unspecified atom stereocenters. The van der Waals surface area contributed by atoms with Crippen LogP contribution in [0.5, 0.6) is 0 Å². The fraction of sp³-hybridized carbons (Fsp3) is 0.263. The lowest BCUT2D eigenvalue weighted by atomic mass is 9.93. The lowest BCUT2D eigenvalue weighted by Crippen LogP contribution is -2.35. The number of carbonyl (C=O) groups excluding carboxylic acids is 1. The zero-order chi connectivity index (χ0) is 19.0. The van der Waals surface area contributed by atoms with E-state index in [1.165, 1.54) is 0 Å². The summed E-state index contributed by atoms with van der Waals surface area (Å²) in [6.07, 6.45) is 5.18. The minimum Gasteiger partial charge on any atom is -0.481 e. The van der Waals surface area contributed by atoms with Gasteiger partial charge in [0.1, 0.15) is 0 Å². The van der Waals surface area contributed by atoms with Gasteiger partial charge in [0.2, 0.25) is 5.91 Å². The van der Waals surface area contributed by atoms with Gasteiger partial charge in [-0.25, -0.2) is 0 Å². The van der Waals surface area contributed by atoms with Gasteiger partial charge in [-0.2, -0.15) is 5.10 Å². The number of aliphatic carboxylic acids is 1. The molecule has 0 bridgehead atoms. The molecule has 0 aliphatic carbocycles. The van der Waals surface area contributed by atoms with Gasteiger partial charge in [0.15, 0.2) is 0 Å². The van der Waals surface area contributed by atoms with Crippen molar-refractivity contribution in [3.8, 4) is 0 Å². The third kappa shape index (κ3) is 4.63. The monoisotopic (exact) mass is 456 g/mol. The number of hydrogen-bond acceptors (Lipinski definition) is 4. The van der Waals surface area contributed by atoms with E-state index in [1.807, 2.05) is 18.2 Å². The summed E-state index contributed by atoms with van der Waals surface area (Å²) >= 11 is 6.35. The maximum absolute atomic E-state index is 13.1. The Bertz CT molecular complexity index is 1030. The molecule has 1 aliphatic heterocycles. The lowest BCUT2D eigenvalue weighted by molar-refractivity contribution is -0.144. The van der Waals surface area contributed by atoms with Crippen LogP contribution in [0.3, 0.4) is 0 Å². The van der Waals surface area contributed by atoms with E-state index in [-0.39, 0.29) is 37.1 Å². The van der Waals surface area contributed by atoms with Crippen molar-refractivity contribution in [3.63, 3.8) is 0 Å². The Morgan fingerprint density at radius 1 is 1.31 bits per heavy atom. The predicted molar refractivity (Wildman–Crippen MR) is 114 cm³/mol. The topological polar surface area (TPSA) is 99.2 Å². The van der Waals surface area contributed by atoms with E-state index in [0.717, 1.165) is 27.6 Å². The van der Waals surface area contributed by atoms with Crippen molar-refractivity contribution in [2.24, 2.45) is 5.92 Å². The molecular weight excluding hydrogens is 439 g/mol. The van der Waals surface area contributed by atoms with Crippen LogP contribution in [0.15, 0.2) is 36.8 Å². The first-order chi connectivity index (χ1) is 13.0. The quantitative estimate of drug-likeness (QED) is 0.623. The zero-order valence-electron chi connectivity index (χ0n) is 15.2. The maximum atomic E-state index is 13.1. The molecule has 154 valence electrons. The number of carbonyl (C=O) groups is 2. The Morgan fingerprint density at radius 2 is 2.03 bits per heavy atom. The molecule has 0 fully saturated rings. The molecule has 29 heavy (non-hydrogen) atoms. The first kappa shape index (κ1) is 22.9. The molecular formula is C19H19Cl3N4O3. The molecule has 0 saturated heterocycles. The second-order valence-corrected chi connectivity index (χ2v) is 7.11. The number of nitrogens with zero attached hydrogens (tertiary/aromatic N) is 3. The second-order valence-electron chi connectivity index (χ2n) is 6.70. The molecule has 1 aliphatic rings. The van der Waals surface area contributed by atoms with E-state index in [4.69, 9.17) is 11.6 Å². The standard InChI is InChI=1S/C19H17ClN4O3.2ClH/c20-16-6-12-5-13(7-17(25)26)19(27)24(9-11-1-3-21-4-2-11)10-15(12)14-8-22-23-18(14)16;;/h1-4,6,8,13H,5,7,9-10H2,(H,22,23)(H,25,26);2*1H. The van der Waals surface area contributed by atoms with Crippen LogP contribution in [0.2, 0.25) is 5.02 Å². The minimum atomic E-state index is -0.990. The Balaban J connectivity index is 0.00000150. The molecule has 7 nitrogen and oxygen atoms in total. The molecule has 1 aromatic carbocycles. The number of pyridine rings is 1. The van der Waals surface area contributed by atoms with Crippen molar-refractivity contribution in [3.05, 3.63) is 58.5 Å². The van der Waals surface area contributed by atoms with Crippen LogP contribution in [0.4, 0.5) is 0 Å². The van der Waals surface area contributed by atoms with Crippen molar-refractivity contribution < 1.29 is 14.7 Å². The number of aromatic nitrogens is 3. The highest BCUT2D eigenvalue weighted by Crippen LogP contribution is 2.34. The van der Waals surface area contributed by atoms with Crippen LogP contribution in [-0.2, 0) is 29.1 Å². The van der Waals surface area contributed by atoms with E-state index >= 15 is 0 Å². The van der Waals surface area contributed by atoms with Crippen molar-refractivity contribution in [2.75, 3.05) is 0 Å². The van der Waals surface area contributed by atoms with Crippen molar-refractivity contribution in [2.45, 2.75) is 25.9 Å². The molecule has 2 N–H and O–H groups in total. The fourth-order valence-electron chi connectivity index (χ4n) is 3.64. The van der Waals surface area contributed by atoms with Gasteiger partial charge in [0.25, 0.3) is 0 Å². The number of carboxylic acid groups (broad SMARTS) is 1. The van der Waals surface area contributed by atoms with E-state index in [0.29, 0.717) is 24.5 Å². The zero-order valence-corrected chi connectivity index (χ0v) is 17.6. The third-order valence-electron chi connectivity index (χ3n) is 4.91. The summed E-state index contributed by atoms with van der Waals surface area (Å²) < 4.78 is 0. The second kappa shape index (κ2) is 9.43. The van der Waals surface area contributed by atoms with Crippen molar-refractivity contribution >= 4 is 59.2 Å². The average Bonchev–Trinajstić information content (AvgIpc) is 3.09. The first-order valence-electron chi connectivity index (χ1n) is 8.55. The molecule has 10 heteroatoms.